The number of carbonyl (C=O) groups is 2. The maximum atomic E-state index is 11.2. The van der Waals surface area contributed by atoms with Crippen LogP contribution in [0.3, 0.4) is 0 Å². The molecule has 0 aliphatic rings. The summed E-state index contributed by atoms with van der Waals surface area (Å²) >= 11 is 0. The number of hydrogen-bond donors (Lipinski definition) is 2. The van der Waals surface area contributed by atoms with Crippen LogP contribution in [-0.2, 0) is 14.3 Å². The third-order valence-corrected chi connectivity index (χ3v) is 1.87. The molecule has 3 N–H and O–H groups in total. The Kier molecular flexibility index (Phi) is 4.52. The molecule has 0 heterocycles. The minimum atomic E-state index is -1.25. The average Bonchev–Trinajstić information content (AvgIpc) is 2.12. The quantitative estimate of drug-likeness (QED) is 0.609. The Hall–Kier alpha value is -1.14. The van der Waals surface area contributed by atoms with Gasteiger partial charge in [0.1, 0.15) is 11.8 Å². The highest BCUT2D eigenvalue weighted by Gasteiger charge is 2.35. The number of ketones is 1. The van der Waals surface area contributed by atoms with Crippen LogP contribution in [0.15, 0.2) is 0 Å². The fourth-order valence-electron chi connectivity index (χ4n) is 0.943. The molecule has 2 atom stereocenters. The molecule has 0 rings (SSSR count). The van der Waals surface area contributed by atoms with Crippen molar-refractivity contribution in [1.29, 1.82) is 0 Å². The number of amides is 1. The fourth-order valence-corrected chi connectivity index (χ4v) is 0.943. The van der Waals surface area contributed by atoms with E-state index in [1.165, 1.54) is 28.1 Å². The van der Waals surface area contributed by atoms with Crippen LogP contribution < -0.4 is 11.1 Å². The molecule has 0 saturated heterocycles. The average molecular weight is 204 g/mol. The monoisotopic (exact) mass is 204 g/mol. The Morgan fingerprint density at radius 1 is 1.43 bits per heavy atom. The van der Waals surface area contributed by atoms with Crippen molar-refractivity contribution in [3.8, 4) is 0 Å². The van der Waals surface area contributed by atoms with E-state index >= 15 is 0 Å². The molecule has 0 aromatic rings. The molecule has 1 amide bonds. The molecule has 0 aromatic carbocycles. The number of methoxy groups -OCH3 is 2. The van der Waals surface area contributed by atoms with Gasteiger partial charge in [-0.3, -0.25) is 4.79 Å². The van der Waals surface area contributed by atoms with Gasteiger partial charge in [0.25, 0.3) is 0 Å². The smallest absolute Gasteiger partial charge is 0.407 e. The molecule has 0 aromatic heterocycles. The molecule has 6 nitrogen and oxygen atoms in total. The first-order valence-electron chi connectivity index (χ1n) is 4.04. The highest BCUT2D eigenvalue weighted by Crippen LogP contribution is 2.08. The lowest BCUT2D eigenvalue weighted by molar-refractivity contribution is -0.126. The summed E-state index contributed by atoms with van der Waals surface area (Å²) in [7, 11) is 2.56. The Balaban J connectivity index is 4.61. The topological polar surface area (TPSA) is 90.7 Å². The van der Waals surface area contributed by atoms with E-state index in [4.69, 9.17) is 10.5 Å². The van der Waals surface area contributed by atoms with Crippen molar-refractivity contribution in [3.05, 3.63) is 0 Å². The summed E-state index contributed by atoms with van der Waals surface area (Å²) in [4.78, 5) is 22.1. The Labute approximate surface area is 82.7 Å². The lowest BCUT2D eigenvalue weighted by Gasteiger charge is -2.30. The van der Waals surface area contributed by atoms with Gasteiger partial charge in [0.05, 0.1) is 7.11 Å². The van der Waals surface area contributed by atoms with Crippen LogP contribution in [0.2, 0.25) is 0 Å². The van der Waals surface area contributed by atoms with Gasteiger partial charge in [0, 0.05) is 7.11 Å². The zero-order valence-corrected chi connectivity index (χ0v) is 8.79. The van der Waals surface area contributed by atoms with Crippen LogP contribution in [0.4, 0.5) is 4.79 Å². The van der Waals surface area contributed by atoms with Gasteiger partial charge < -0.3 is 20.5 Å². The minimum Gasteiger partial charge on any atom is -0.453 e. The van der Waals surface area contributed by atoms with Crippen LogP contribution >= 0.6 is 0 Å². The molecule has 6 heteroatoms. The fraction of sp³-hybridized carbons (Fsp3) is 0.750. The molecule has 1 unspecified atom stereocenters. The maximum Gasteiger partial charge on any atom is 0.407 e. The van der Waals surface area contributed by atoms with E-state index in [0.717, 1.165) is 0 Å². The van der Waals surface area contributed by atoms with Crippen molar-refractivity contribution in [2.45, 2.75) is 25.6 Å². The molecule has 14 heavy (non-hydrogen) atoms. The SMILES string of the molecule is COC(=O)NC(C(C)=O)[C@@](C)(N)OC. The second-order valence-corrected chi connectivity index (χ2v) is 3.07. The molecular weight excluding hydrogens is 188 g/mol. The predicted molar refractivity (Wildman–Crippen MR) is 49.6 cm³/mol. The van der Waals surface area contributed by atoms with E-state index in [0.29, 0.717) is 0 Å². The summed E-state index contributed by atoms with van der Waals surface area (Å²) in [5.41, 5.74) is 4.40. The Morgan fingerprint density at radius 3 is 2.21 bits per heavy atom. The van der Waals surface area contributed by atoms with E-state index in [9.17, 15) is 9.59 Å². The number of rotatable bonds is 4. The van der Waals surface area contributed by atoms with Gasteiger partial charge in [0.2, 0.25) is 0 Å². The number of nitrogens with two attached hydrogens (primary N) is 1. The summed E-state index contributed by atoms with van der Waals surface area (Å²) in [5.74, 6) is -0.303. The van der Waals surface area contributed by atoms with Crippen molar-refractivity contribution < 1.29 is 19.1 Å². The van der Waals surface area contributed by atoms with Crippen LogP contribution in [0.1, 0.15) is 13.8 Å². The summed E-state index contributed by atoms with van der Waals surface area (Å²) in [5, 5.41) is 2.30. The second-order valence-electron chi connectivity index (χ2n) is 3.07. The third kappa shape index (κ3) is 3.31. The van der Waals surface area contributed by atoms with Gasteiger partial charge in [0.15, 0.2) is 5.78 Å². The summed E-state index contributed by atoms with van der Waals surface area (Å²) in [6.45, 7) is 2.81. The predicted octanol–water partition coefficient (Wildman–Crippen LogP) is -0.379. The first kappa shape index (κ1) is 12.9. The van der Waals surface area contributed by atoms with Gasteiger partial charge >= 0.3 is 6.09 Å². The van der Waals surface area contributed by atoms with Crippen molar-refractivity contribution >= 4 is 11.9 Å². The molecule has 82 valence electrons. The van der Waals surface area contributed by atoms with Crippen LogP contribution in [0.25, 0.3) is 0 Å². The molecule has 0 spiro atoms. The van der Waals surface area contributed by atoms with Crippen molar-refractivity contribution in [1.82, 2.24) is 5.32 Å². The lowest BCUT2D eigenvalue weighted by Crippen LogP contribution is -2.60. The zero-order valence-electron chi connectivity index (χ0n) is 8.79. The van der Waals surface area contributed by atoms with Crippen molar-refractivity contribution in [2.75, 3.05) is 14.2 Å². The summed E-state index contributed by atoms with van der Waals surface area (Å²) < 4.78 is 9.25. The molecule has 0 aliphatic carbocycles. The zero-order chi connectivity index (χ0) is 11.4. The van der Waals surface area contributed by atoms with E-state index in [-0.39, 0.29) is 5.78 Å². The van der Waals surface area contributed by atoms with Crippen LogP contribution in [-0.4, -0.2) is 37.9 Å². The molecule has 0 bridgehead atoms. The Bertz CT molecular complexity index is 227. The van der Waals surface area contributed by atoms with Crippen molar-refractivity contribution in [2.24, 2.45) is 5.73 Å². The van der Waals surface area contributed by atoms with Crippen LogP contribution in [0, 0.1) is 0 Å². The second kappa shape index (κ2) is 4.92. The van der Waals surface area contributed by atoms with Crippen molar-refractivity contribution in [3.63, 3.8) is 0 Å². The number of alkyl carbamates (subject to hydrolysis) is 1. The van der Waals surface area contributed by atoms with E-state index in [1.807, 2.05) is 0 Å². The van der Waals surface area contributed by atoms with Crippen LogP contribution in [0.5, 0.6) is 0 Å². The van der Waals surface area contributed by atoms with E-state index in [2.05, 4.69) is 10.1 Å². The largest absolute Gasteiger partial charge is 0.453 e. The highest BCUT2D eigenvalue weighted by molar-refractivity contribution is 5.86. The first-order valence-corrected chi connectivity index (χ1v) is 4.04. The number of Topliss-reactive ketones (excluding diaryl/α,β-unsaturated/α-hetero) is 1. The summed E-state index contributed by atoms with van der Waals surface area (Å²) in [6.07, 6.45) is -0.723. The van der Waals surface area contributed by atoms with E-state index < -0.39 is 17.9 Å². The molecule has 0 aliphatic heterocycles. The number of nitrogens with one attached hydrogen (secondary N) is 1. The Morgan fingerprint density at radius 2 is 1.93 bits per heavy atom. The molecule has 0 fully saturated rings. The maximum absolute atomic E-state index is 11.2. The normalized spacial score (nSPS) is 16.6. The molecule has 0 saturated carbocycles. The standard InChI is InChI=1S/C8H16N2O4/c1-5(11)6(8(2,9)14-4)10-7(12)13-3/h6H,9H2,1-4H3,(H,10,12)/t6?,8-/m0/s1. The van der Waals surface area contributed by atoms with Gasteiger partial charge in [-0.1, -0.05) is 0 Å². The van der Waals surface area contributed by atoms with Gasteiger partial charge in [-0.05, 0) is 13.8 Å². The summed E-state index contributed by atoms with van der Waals surface area (Å²) in [6, 6.07) is -0.931. The highest BCUT2D eigenvalue weighted by atomic mass is 16.5. The first-order chi connectivity index (χ1) is 6.35. The lowest BCUT2D eigenvalue weighted by atomic mass is 10.0. The number of hydrogen-bond acceptors (Lipinski definition) is 5. The third-order valence-electron chi connectivity index (χ3n) is 1.87. The van der Waals surface area contributed by atoms with Gasteiger partial charge in [-0.2, -0.15) is 0 Å². The molecule has 0 radical (unpaired) electrons. The minimum absolute atomic E-state index is 0.303. The molecular formula is C8H16N2O4. The number of ether oxygens (including phenoxy) is 2. The van der Waals surface area contributed by atoms with Gasteiger partial charge in [-0.15, -0.1) is 0 Å². The van der Waals surface area contributed by atoms with E-state index in [1.54, 1.807) is 0 Å². The number of carbonyl (C=O) groups excluding carboxylic acids is 2. The van der Waals surface area contributed by atoms with Gasteiger partial charge in [-0.25, -0.2) is 4.79 Å².